The molecule has 0 aromatic rings. The number of rotatable bonds is 1. The van der Waals surface area contributed by atoms with Crippen LogP contribution in [0.15, 0.2) is 0 Å². The molecule has 1 N–H and O–H groups in total. The molecule has 5 nitrogen and oxygen atoms in total. The molecular weight excluding hydrogens is 289 g/mol. The third kappa shape index (κ3) is 5.43. The van der Waals surface area contributed by atoms with Gasteiger partial charge in [-0.15, -0.1) is 0 Å². The van der Waals surface area contributed by atoms with E-state index in [2.05, 4.69) is 0 Å². The van der Waals surface area contributed by atoms with Crippen molar-refractivity contribution in [3.8, 4) is 0 Å². The molecule has 1 heterocycles. The fourth-order valence-electron chi connectivity index (χ4n) is 2.10. The molecule has 1 aliphatic heterocycles. The van der Waals surface area contributed by atoms with Crippen LogP contribution in [0.3, 0.4) is 0 Å². The first-order chi connectivity index (χ1) is 9.40. The molecule has 0 aliphatic carbocycles. The highest BCUT2D eigenvalue weighted by molar-refractivity contribution is 5.82. The van der Waals surface area contributed by atoms with Gasteiger partial charge in [0.1, 0.15) is 5.60 Å². The number of piperidine rings is 1. The normalized spacial score (nSPS) is 23.7. The van der Waals surface area contributed by atoms with Crippen molar-refractivity contribution in [3.05, 3.63) is 0 Å². The fraction of sp³-hybridized carbons (Fsp3) is 0.846. The summed E-state index contributed by atoms with van der Waals surface area (Å²) in [5, 5.41) is 1.97. The summed E-state index contributed by atoms with van der Waals surface area (Å²) in [5.74, 6) is -2.22. The molecule has 2 unspecified atom stereocenters. The van der Waals surface area contributed by atoms with Gasteiger partial charge in [-0.25, -0.2) is 4.79 Å². The van der Waals surface area contributed by atoms with Crippen LogP contribution in [0.1, 0.15) is 34.1 Å². The van der Waals surface area contributed by atoms with Crippen LogP contribution in [0.2, 0.25) is 0 Å². The number of amides is 2. The largest absolute Gasteiger partial charge is 0.471 e. The van der Waals surface area contributed by atoms with E-state index in [0.29, 0.717) is 0 Å². The number of ether oxygens (including phenoxy) is 1. The second kappa shape index (κ2) is 6.11. The second-order valence-corrected chi connectivity index (χ2v) is 6.27. The molecule has 21 heavy (non-hydrogen) atoms. The van der Waals surface area contributed by atoms with Crippen LogP contribution < -0.4 is 5.32 Å². The quantitative estimate of drug-likeness (QED) is 0.808. The smallest absolute Gasteiger partial charge is 0.444 e. The van der Waals surface area contributed by atoms with Gasteiger partial charge < -0.3 is 15.0 Å². The van der Waals surface area contributed by atoms with E-state index < -0.39 is 29.8 Å². The topological polar surface area (TPSA) is 58.6 Å². The van der Waals surface area contributed by atoms with E-state index in [0.717, 1.165) is 0 Å². The van der Waals surface area contributed by atoms with Crippen LogP contribution in [0, 0.1) is 5.92 Å². The molecule has 1 fully saturated rings. The summed E-state index contributed by atoms with van der Waals surface area (Å²) in [6, 6.07) is -0.599. The van der Waals surface area contributed by atoms with Crippen LogP contribution in [0.25, 0.3) is 0 Å². The highest BCUT2D eigenvalue weighted by atomic mass is 19.4. The van der Waals surface area contributed by atoms with Gasteiger partial charge in [0, 0.05) is 19.1 Å². The fourth-order valence-corrected chi connectivity index (χ4v) is 2.10. The predicted octanol–water partition coefficient (Wildman–Crippen LogP) is 2.31. The minimum absolute atomic E-state index is 0.248. The first-order valence-corrected chi connectivity index (χ1v) is 6.76. The first kappa shape index (κ1) is 17.6. The summed E-state index contributed by atoms with van der Waals surface area (Å²) in [4.78, 5) is 24.3. The molecule has 1 rings (SSSR count). The highest BCUT2D eigenvalue weighted by Gasteiger charge is 2.41. The van der Waals surface area contributed by atoms with E-state index >= 15 is 0 Å². The molecule has 1 saturated heterocycles. The molecule has 0 aromatic heterocycles. The van der Waals surface area contributed by atoms with Crippen LogP contribution in [0.5, 0.6) is 0 Å². The number of nitrogens with one attached hydrogen (secondary N) is 1. The van der Waals surface area contributed by atoms with Gasteiger partial charge in [-0.05, 0) is 33.1 Å². The van der Waals surface area contributed by atoms with Gasteiger partial charge in [0.25, 0.3) is 0 Å². The lowest BCUT2D eigenvalue weighted by molar-refractivity contribution is -0.175. The molecule has 0 saturated carbocycles. The number of likely N-dealkylation sites (tertiary alicyclic amines) is 1. The molecule has 122 valence electrons. The Hall–Kier alpha value is -1.47. The van der Waals surface area contributed by atoms with Gasteiger partial charge in [-0.1, -0.05) is 6.92 Å². The average Bonchev–Trinajstić information content (AvgIpc) is 2.28. The molecule has 1 aliphatic rings. The Morgan fingerprint density at radius 1 is 1.24 bits per heavy atom. The van der Waals surface area contributed by atoms with Crippen LogP contribution >= 0.6 is 0 Å². The van der Waals surface area contributed by atoms with E-state index in [4.69, 9.17) is 4.74 Å². The van der Waals surface area contributed by atoms with Gasteiger partial charge in [0.05, 0.1) is 0 Å². The number of carbonyl (C=O) groups is 2. The van der Waals surface area contributed by atoms with Gasteiger partial charge >= 0.3 is 18.2 Å². The Balaban J connectivity index is 2.55. The van der Waals surface area contributed by atoms with Crippen molar-refractivity contribution >= 4 is 12.0 Å². The number of hydrogen-bond donors (Lipinski definition) is 1. The van der Waals surface area contributed by atoms with E-state index in [1.54, 1.807) is 27.7 Å². The lowest BCUT2D eigenvalue weighted by Gasteiger charge is -2.37. The summed E-state index contributed by atoms with van der Waals surface area (Å²) in [7, 11) is 0. The summed E-state index contributed by atoms with van der Waals surface area (Å²) in [5.41, 5.74) is -0.623. The monoisotopic (exact) mass is 310 g/mol. The standard InChI is InChI=1S/C13H21F3N2O3/c1-8-7-18(11(20)21-12(2,3)4)6-5-9(8)17-10(19)13(14,15)16/h8-9H,5-7H2,1-4H3,(H,17,19). The van der Waals surface area contributed by atoms with Crippen molar-refractivity contribution in [1.82, 2.24) is 10.2 Å². The van der Waals surface area contributed by atoms with Crippen molar-refractivity contribution in [1.29, 1.82) is 0 Å². The summed E-state index contributed by atoms with van der Waals surface area (Å²) in [6.07, 6.45) is -5.11. The third-order valence-electron chi connectivity index (χ3n) is 3.13. The van der Waals surface area contributed by atoms with Crippen LogP contribution in [-0.4, -0.2) is 47.8 Å². The van der Waals surface area contributed by atoms with Crippen molar-refractivity contribution in [2.45, 2.75) is 51.9 Å². The maximum absolute atomic E-state index is 12.2. The number of carbonyl (C=O) groups excluding carboxylic acids is 2. The maximum atomic E-state index is 12.2. The highest BCUT2D eigenvalue weighted by Crippen LogP contribution is 2.22. The SMILES string of the molecule is CC1CN(C(=O)OC(C)(C)C)CCC1NC(=O)C(F)(F)F. The summed E-state index contributed by atoms with van der Waals surface area (Å²) in [6.45, 7) is 7.41. The van der Waals surface area contributed by atoms with E-state index in [-0.39, 0.29) is 25.4 Å². The number of alkyl halides is 3. The Bertz CT molecular complexity index is 404. The molecule has 2 atom stereocenters. The number of hydrogen-bond acceptors (Lipinski definition) is 3. The zero-order chi connectivity index (χ0) is 16.4. The minimum Gasteiger partial charge on any atom is -0.444 e. The lowest BCUT2D eigenvalue weighted by Crippen LogP contribution is -2.54. The van der Waals surface area contributed by atoms with Crippen molar-refractivity contribution in [3.63, 3.8) is 0 Å². The zero-order valence-corrected chi connectivity index (χ0v) is 12.6. The van der Waals surface area contributed by atoms with Gasteiger partial charge in [-0.2, -0.15) is 13.2 Å². The van der Waals surface area contributed by atoms with E-state index in [9.17, 15) is 22.8 Å². The number of halogens is 3. The third-order valence-corrected chi connectivity index (χ3v) is 3.13. The molecule has 2 amide bonds. The maximum Gasteiger partial charge on any atom is 0.471 e. The Kier molecular flexibility index (Phi) is 5.11. The molecule has 0 spiro atoms. The Labute approximate surface area is 121 Å². The summed E-state index contributed by atoms with van der Waals surface area (Å²) < 4.78 is 41.9. The molecular formula is C13H21F3N2O3. The van der Waals surface area contributed by atoms with E-state index in [1.807, 2.05) is 5.32 Å². The Morgan fingerprint density at radius 3 is 2.24 bits per heavy atom. The van der Waals surface area contributed by atoms with Crippen molar-refractivity contribution in [2.75, 3.05) is 13.1 Å². The zero-order valence-electron chi connectivity index (χ0n) is 12.6. The molecule has 0 aromatic carbocycles. The van der Waals surface area contributed by atoms with Gasteiger partial charge in [0.2, 0.25) is 0 Å². The second-order valence-electron chi connectivity index (χ2n) is 6.27. The molecule has 8 heteroatoms. The average molecular weight is 310 g/mol. The van der Waals surface area contributed by atoms with Gasteiger partial charge in [-0.3, -0.25) is 4.79 Å². The van der Waals surface area contributed by atoms with E-state index in [1.165, 1.54) is 4.90 Å². The Morgan fingerprint density at radius 2 is 1.81 bits per heavy atom. The first-order valence-electron chi connectivity index (χ1n) is 6.76. The van der Waals surface area contributed by atoms with Crippen molar-refractivity contribution in [2.24, 2.45) is 5.92 Å². The molecule has 0 radical (unpaired) electrons. The number of nitrogens with zero attached hydrogens (tertiary/aromatic N) is 1. The summed E-state index contributed by atoms with van der Waals surface area (Å²) >= 11 is 0. The van der Waals surface area contributed by atoms with Crippen LogP contribution in [-0.2, 0) is 9.53 Å². The van der Waals surface area contributed by atoms with Gasteiger partial charge in [0.15, 0.2) is 0 Å². The minimum atomic E-state index is -4.89. The van der Waals surface area contributed by atoms with Crippen LogP contribution in [0.4, 0.5) is 18.0 Å². The molecule has 0 bridgehead atoms. The predicted molar refractivity (Wildman–Crippen MR) is 69.6 cm³/mol. The lowest BCUT2D eigenvalue weighted by atomic mass is 9.94. The van der Waals surface area contributed by atoms with Crippen molar-refractivity contribution < 1.29 is 27.5 Å².